The van der Waals surface area contributed by atoms with E-state index >= 15 is 0 Å². The summed E-state index contributed by atoms with van der Waals surface area (Å²) in [5.41, 5.74) is 0.406. The summed E-state index contributed by atoms with van der Waals surface area (Å²) in [7, 11) is 0. The predicted octanol–water partition coefficient (Wildman–Crippen LogP) is 3.22. The second kappa shape index (κ2) is 3.41. The number of alkyl halides is 3. The zero-order valence-electron chi connectivity index (χ0n) is 7.10. The molecule has 3 nitrogen and oxygen atoms in total. The minimum Gasteiger partial charge on any atom is -0.405 e. The Kier molecular flexibility index (Phi) is 2.34. The first-order valence-corrected chi connectivity index (χ1v) is 4.65. The lowest BCUT2D eigenvalue weighted by Crippen LogP contribution is -2.17. The molecule has 0 aliphatic rings. The molecule has 7 heteroatoms. The number of aromatic nitrogens is 2. The van der Waals surface area contributed by atoms with E-state index in [0.29, 0.717) is 10.1 Å². The first-order chi connectivity index (χ1) is 6.97. The van der Waals surface area contributed by atoms with E-state index in [9.17, 15) is 13.2 Å². The minimum atomic E-state index is -4.70. The molecule has 2 aromatic rings. The monoisotopic (exact) mass is 280 g/mol. The Labute approximate surface area is 90.4 Å². The van der Waals surface area contributed by atoms with Crippen LogP contribution in [0.1, 0.15) is 0 Å². The molecular formula is C8H4BrF3N2O. The van der Waals surface area contributed by atoms with Crippen LogP contribution in [0.2, 0.25) is 0 Å². The van der Waals surface area contributed by atoms with Crippen LogP contribution in [0.3, 0.4) is 0 Å². The fourth-order valence-electron chi connectivity index (χ4n) is 1.21. The van der Waals surface area contributed by atoms with Crippen molar-refractivity contribution >= 4 is 26.8 Å². The highest BCUT2D eigenvalue weighted by Crippen LogP contribution is 2.33. The van der Waals surface area contributed by atoms with Crippen LogP contribution in [0, 0.1) is 0 Å². The smallest absolute Gasteiger partial charge is 0.405 e. The Morgan fingerprint density at radius 2 is 2.07 bits per heavy atom. The van der Waals surface area contributed by atoms with Gasteiger partial charge in [-0.1, -0.05) is 6.07 Å². The first-order valence-electron chi connectivity index (χ1n) is 3.86. The van der Waals surface area contributed by atoms with Crippen molar-refractivity contribution in [3.8, 4) is 5.75 Å². The second-order valence-electron chi connectivity index (χ2n) is 2.74. The second-order valence-corrected chi connectivity index (χ2v) is 3.53. The van der Waals surface area contributed by atoms with Gasteiger partial charge in [0.1, 0.15) is 10.4 Å². The van der Waals surface area contributed by atoms with Gasteiger partial charge in [0.2, 0.25) is 0 Å². The van der Waals surface area contributed by atoms with E-state index in [4.69, 9.17) is 0 Å². The van der Waals surface area contributed by atoms with E-state index in [0.717, 1.165) is 0 Å². The van der Waals surface area contributed by atoms with Gasteiger partial charge in [-0.2, -0.15) is 5.10 Å². The molecular weight excluding hydrogens is 277 g/mol. The van der Waals surface area contributed by atoms with Crippen LogP contribution in [-0.4, -0.2) is 16.6 Å². The molecule has 0 saturated carbocycles. The third-order valence-electron chi connectivity index (χ3n) is 1.72. The van der Waals surface area contributed by atoms with Gasteiger partial charge in [-0.05, 0) is 28.1 Å². The van der Waals surface area contributed by atoms with Crippen molar-refractivity contribution in [1.82, 2.24) is 10.2 Å². The fraction of sp³-hybridized carbons (Fsp3) is 0.125. The Hall–Kier alpha value is -1.24. The minimum absolute atomic E-state index is 0.273. The van der Waals surface area contributed by atoms with E-state index in [1.54, 1.807) is 6.07 Å². The molecule has 0 atom stereocenters. The zero-order valence-corrected chi connectivity index (χ0v) is 8.69. The number of ether oxygens (including phenoxy) is 1. The van der Waals surface area contributed by atoms with Crippen molar-refractivity contribution in [2.45, 2.75) is 6.36 Å². The highest BCUT2D eigenvalue weighted by molar-refractivity contribution is 9.10. The topological polar surface area (TPSA) is 37.9 Å². The Morgan fingerprint density at radius 3 is 2.73 bits per heavy atom. The largest absolute Gasteiger partial charge is 0.573 e. The van der Waals surface area contributed by atoms with E-state index in [1.165, 1.54) is 12.1 Å². The molecule has 0 unspecified atom stereocenters. The van der Waals surface area contributed by atoms with Crippen molar-refractivity contribution in [1.29, 1.82) is 0 Å². The van der Waals surface area contributed by atoms with Gasteiger partial charge in [0.05, 0.1) is 10.9 Å². The molecule has 0 amide bonds. The van der Waals surface area contributed by atoms with Crippen molar-refractivity contribution in [2.75, 3.05) is 0 Å². The summed E-state index contributed by atoms with van der Waals surface area (Å²) in [6, 6.07) is 4.26. The van der Waals surface area contributed by atoms with E-state index < -0.39 is 6.36 Å². The van der Waals surface area contributed by atoms with Crippen LogP contribution < -0.4 is 4.74 Å². The number of rotatable bonds is 1. The normalized spacial score (nSPS) is 12.0. The first kappa shape index (κ1) is 10.3. The summed E-state index contributed by atoms with van der Waals surface area (Å²) in [4.78, 5) is 0. The average molecular weight is 281 g/mol. The molecule has 0 fully saturated rings. The molecule has 15 heavy (non-hydrogen) atoms. The summed E-state index contributed by atoms with van der Waals surface area (Å²) in [5.74, 6) is -0.277. The third kappa shape index (κ3) is 2.06. The molecule has 0 aliphatic heterocycles. The van der Waals surface area contributed by atoms with Gasteiger partial charge in [0, 0.05) is 0 Å². The average Bonchev–Trinajstić information content (AvgIpc) is 2.46. The number of nitrogens with one attached hydrogen (secondary N) is 1. The van der Waals surface area contributed by atoms with Crippen LogP contribution >= 0.6 is 15.9 Å². The summed E-state index contributed by atoms with van der Waals surface area (Å²) < 4.78 is 40.3. The molecule has 1 heterocycles. The van der Waals surface area contributed by atoms with Crippen LogP contribution in [0.4, 0.5) is 13.2 Å². The SMILES string of the molecule is FC(F)(F)Oc1cccc2n[nH]c(Br)c12. The Balaban J connectivity index is 2.55. The highest BCUT2D eigenvalue weighted by Gasteiger charge is 2.32. The number of aromatic amines is 1. The highest BCUT2D eigenvalue weighted by atomic mass is 79.9. The quantitative estimate of drug-likeness (QED) is 0.871. The number of fused-ring (bicyclic) bond motifs is 1. The molecule has 1 aromatic heterocycles. The number of H-pyrrole nitrogens is 1. The van der Waals surface area contributed by atoms with Gasteiger partial charge in [0.15, 0.2) is 0 Å². The summed E-state index contributed by atoms with van der Waals surface area (Å²) in [6.07, 6.45) is -4.70. The van der Waals surface area contributed by atoms with Crippen molar-refractivity contribution in [3.05, 3.63) is 22.8 Å². The van der Waals surface area contributed by atoms with Gasteiger partial charge in [-0.3, -0.25) is 5.10 Å². The molecule has 1 aromatic carbocycles. The van der Waals surface area contributed by atoms with Crippen LogP contribution in [0.25, 0.3) is 10.9 Å². The number of nitrogens with zero attached hydrogens (tertiary/aromatic N) is 1. The molecule has 0 bridgehead atoms. The summed E-state index contributed by atoms with van der Waals surface area (Å²) in [6.45, 7) is 0. The molecule has 80 valence electrons. The van der Waals surface area contributed by atoms with Crippen LogP contribution in [-0.2, 0) is 0 Å². The molecule has 0 radical (unpaired) electrons. The maximum Gasteiger partial charge on any atom is 0.573 e. The summed E-state index contributed by atoms with van der Waals surface area (Å²) >= 11 is 3.06. The van der Waals surface area contributed by atoms with Gasteiger partial charge >= 0.3 is 6.36 Å². The van der Waals surface area contributed by atoms with E-state index in [2.05, 4.69) is 30.9 Å². The van der Waals surface area contributed by atoms with Crippen LogP contribution in [0.15, 0.2) is 22.8 Å². The Morgan fingerprint density at radius 1 is 1.33 bits per heavy atom. The zero-order chi connectivity index (χ0) is 11.1. The lowest BCUT2D eigenvalue weighted by Gasteiger charge is -2.09. The number of hydrogen-bond donors (Lipinski definition) is 1. The lowest BCUT2D eigenvalue weighted by atomic mass is 10.2. The maximum absolute atomic E-state index is 12.0. The molecule has 1 N–H and O–H groups in total. The van der Waals surface area contributed by atoms with Crippen molar-refractivity contribution in [3.63, 3.8) is 0 Å². The van der Waals surface area contributed by atoms with Gasteiger partial charge in [0.25, 0.3) is 0 Å². The van der Waals surface area contributed by atoms with Gasteiger partial charge < -0.3 is 4.74 Å². The number of halogens is 4. The van der Waals surface area contributed by atoms with Gasteiger partial charge in [-0.15, -0.1) is 13.2 Å². The number of hydrogen-bond acceptors (Lipinski definition) is 2. The van der Waals surface area contributed by atoms with E-state index in [-0.39, 0.29) is 11.1 Å². The van der Waals surface area contributed by atoms with Crippen molar-refractivity contribution < 1.29 is 17.9 Å². The molecule has 0 aliphatic carbocycles. The lowest BCUT2D eigenvalue weighted by molar-refractivity contribution is -0.274. The predicted molar refractivity (Wildman–Crippen MR) is 50.5 cm³/mol. The standard InChI is InChI=1S/C8H4BrF3N2O/c9-7-6-4(13-14-7)2-1-3-5(6)15-8(10,11)12/h1-3H,(H,13,14). The van der Waals surface area contributed by atoms with E-state index in [1.807, 2.05) is 0 Å². The summed E-state index contributed by atoms with van der Waals surface area (Å²) in [5, 5.41) is 6.58. The maximum atomic E-state index is 12.0. The van der Waals surface area contributed by atoms with Crippen LogP contribution in [0.5, 0.6) is 5.75 Å². The fourth-order valence-corrected chi connectivity index (χ4v) is 1.70. The van der Waals surface area contributed by atoms with Gasteiger partial charge in [-0.25, -0.2) is 0 Å². The molecule has 2 rings (SSSR count). The molecule has 0 saturated heterocycles. The molecule has 0 spiro atoms. The number of benzene rings is 1. The third-order valence-corrected chi connectivity index (χ3v) is 2.30. The Bertz CT molecular complexity index is 494. The van der Waals surface area contributed by atoms with Crippen molar-refractivity contribution in [2.24, 2.45) is 0 Å².